The Balaban J connectivity index is 0.00000144. The summed E-state index contributed by atoms with van der Waals surface area (Å²) in [7, 11) is 0. The molecule has 0 radical (unpaired) electrons. The predicted octanol–water partition coefficient (Wildman–Crippen LogP) is 1.43. The lowest BCUT2D eigenvalue weighted by Crippen LogP contribution is -2.20. The van der Waals surface area contributed by atoms with Gasteiger partial charge in [-0.25, -0.2) is 0 Å². The minimum Gasteiger partial charge on any atom is -0.506 e. The Labute approximate surface area is 88.1 Å². The van der Waals surface area contributed by atoms with Gasteiger partial charge in [-0.3, -0.25) is 0 Å². The molecule has 5 heteroatoms. The van der Waals surface area contributed by atoms with Crippen molar-refractivity contribution in [2.75, 3.05) is 6.54 Å². The molecule has 1 aromatic rings. The molecule has 13 heavy (non-hydrogen) atoms. The first-order valence-corrected chi connectivity index (χ1v) is 3.97. The third-order valence-corrected chi connectivity index (χ3v) is 1.96. The monoisotopic (exact) mass is 222 g/mol. The molecule has 0 spiro atoms. The van der Waals surface area contributed by atoms with Crippen LogP contribution in [0.1, 0.15) is 11.6 Å². The Morgan fingerprint density at radius 3 is 2.54 bits per heavy atom. The van der Waals surface area contributed by atoms with Crippen molar-refractivity contribution < 1.29 is 5.11 Å². The third-order valence-electron chi connectivity index (χ3n) is 1.65. The Hall–Kier alpha value is -0.480. The first-order chi connectivity index (χ1) is 5.65. The number of hydrogen-bond donors (Lipinski definition) is 3. The summed E-state index contributed by atoms with van der Waals surface area (Å²) in [6.07, 6.45) is 0. The van der Waals surface area contributed by atoms with Crippen LogP contribution in [-0.4, -0.2) is 11.7 Å². The SMILES string of the molecule is Cl.NC[C@H](N)c1ccc(O)c(Cl)c1. The second-order valence-electron chi connectivity index (χ2n) is 2.55. The largest absolute Gasteiger partial charge is 0.506 e. The van der Waals surface area contributed by atoms with Gasteiger partial charge in [-0.1, -0.05) is 17.7 Å². The quantitative estimate of drug-likeness (QED) is 0.710. The maximum absolute atomic E-state index is 9.09. The number of rotatable bonds is 2. The fraction of sp³-hybridized carbons (Fsp3) is 0.250. The average Bonchev–Trinajstić information content (AvgIpc) is 2.08. The first-order valence-electron chi connectivity index (χ1n) is 3.59. The fourth-order valence-electron chi connectivity index (χ4n) is 0.890. The molecule has 5 N–H and O–H groups in total. The van der Waals surface area contributed by atoms with E-state index < -0.39 is 0 Å². The number of halogens is 2. The molecule has 0 aliphatic heterocycles. The summed E-state index contributed by atoms with van der Waals surface area (Å²) in [4.78, 5) is 0. The molecule has 0 saturated carbocycles. The Morgan fingerprint density at radius 1 is 1.46 bits per heavy atom. The molecule has 0 aromatic heterocycles. The molecular formula is C8H12Cl2N2O. The molecule has 0 fully saturated rings. The van der Waals surface area contributed by atoms with Gasteiger partial charge in [0.2, 0.25) is 0 Å². The van der Waals surface area contributed by atoms with Gasteiger partial charge < -0.3 is 16.6 Å². The van der Waals surface area contributed by atoms with E-state index in [1.165, 1.54) is 6.07 Å². The molecule has 0 bridgehead atoms. The summed E-state index contributed by atoms with van der Waals surface area (Å²) in [6.45, 7) is 0.362. The minimum absolute atomic E-state index is 0. The number of phenols is 1. The maximum Gasteiger partial charge on any atom is 0.134 e. The van der Waals surface area contributed by atoms with Crippen LogP contribution in [0.2, 0.25) is 5.02 Å². The van der Waals surface area contributed by atoms with Crippen molar-refractivity contribution in [1.29, 1.82) is 0 Å². The van der Waals surface area contributed by atoms with Gasteiger partial charge in [0.1, 0.15) is 5.75 Å². The van der Waals surface area contributed by atoms with Crippen molar-refractivity contribution in [2.24, 2.45) is 11.5 Å². The van der Waals surface area contributed by atoms with Gasteiger partial charge in [-0.2, -0.15) is 0 Å². The van der Waals surface area contributed by atoms with Crippen LogP contribution in [0.3, 0.4) is 0 Å². The van der Waals surface area contributed by atoms with Crippen molar-refractivity contribution >= 4 is 24.0 Å². The maximum atomic E-state index is 9.09. The van der Waals surface area contributed by atoms with E-state index in [0.717, 1.165) is 5.56 Å². The van der Waals surface area contributed by atoms with Crippen molar-refractivity contribution in [3.63, 3.8) is 0 Å². The zero-order valence-corrected chi connectivity index (χ0v) is 8.48. The molecular weight excluding hydrogens is 211 g/mol. The molecule has 0 aliphatic rings. The van der Waals surface area contributed by atoms with Crippen molar-refractivity contribution in [1.82, 2.24) is 0 Å². The number of benzene rings is 1. The third kappa shape index (κ3) is 3.04. The van der Waals surface area contributed by atoms with E-state index in [0.29, 0.717) is 11.6 Å². The number of aromatic hydroxyl groups is 1. The molecule has 0 saturated heterocycles. The van der Waals surface area contributed by atoms with Crippen molar-refractivity contribution in [3.8, 4) is 5.75 Å². The van der Waals surface area contributed by atoms with E-state index in [1.807, 2.05) is 0 Å². The van der Waals surface area contributed by atoms with E-state index in [9.17, 15) is 0 Å². The van der Waals surface area contributed by atoms with Crippen LogP contribution in [0.25, 0.3) is 0 Å². The van der Waals surface area contributed by atoms with E-state index in [4.69, 9.17) is 28.2 Å². The zero-order valence-electron chi connectivity index (χ0n) is 6.90. The molecule has 0 amide bonds. The lowest BCUT2D eigenvalue weighted by molar-refractivity contribution is 0.475. The van der Waals surface area contributed by atoms with Crippen LogP contribution >= 0.6 is 24.0 Å². The first kappa shape index (κ1) is 12.5. The topological polar surface area (TPSA) is 72.3 Å². The van der Waals surface area contributed by atoms with E-state index >= 15 is 0 Å². The molecule has 0 heterocycles. The number of nitrogens with two attached hydrogens (primary N) is 2. The molecule has 1 atom stereocenters. The lowest BCUT2D eigenvalue weighted by atomic mass is 10.1. The summed E-state index contributed by atoms with van der Waals surface area (Å²) in [5.41, 5.74) is 11.8. The number of phenolic OH excluding ortho intramolecular Hbond substituents is 1. The summed E-state index contributed by atoms with van der Waals surface area (Å²) >= 11 is 5.67. The highest BCUT2D eigenvalue weighted by atomic mass is 35.5. The fourth-order valence-corrected chi connectivity index (χ4v) is 1.08. The average molecular weight is 223 g/mol. The van der Waals surface area contributed by atoms with E-state index in [2.05, 4.69) is 0 Å². The Morgan fingerprint density at radius 2 is 2.08 bits per heavy atom. The van der Waals surface area contributed by atoms with Gasteiger partial charge in [-0.15, -0.1) is 12.4 Å². The summed E-state index contributed by atoms with van der Waals surface area (Å²) < 4.78 is 0. The van der Waals surface area contributed by atoms with Crippen molar-refractivity contribution in [3.05, 3.63) is 28.8 Å². The van der Waals surface area contributed by atoms with Gasteiger partial charge in [0.15, 0.2) is 0 Å². The van der Waals surface area contributed by atoms with E-state index in [1.54, 1.807) is 12.1 Å². The van der Waals surface area contributed by atoms with Gasteiger partial charge in [0.05, 0.1) is 5.02 Å². The summed E-state index contributed by atoms with van der Waals surface area (Å²) in [5, 5.41) is 9.40. The van der Waals surface area contributed by atoms with Gasteiger partial charge in [0.25, 0.3) is 0 Å². The number of hydrogen-bond acceptors (Lipinski definition) is 3. The highest BCUT2D eigenvalue weighted by Gasteiger charge is 2.05. The molecule has 0 aliphatic carbocycles. The van der Waals surface area contributed by atoms with Crippen LogP contribution in [0.15, 0.2) is 18.2 Å². The second kappa shape index (κ2) is 5.29. The van der Waals surface area contributed by atoms with E-state index in [-0.39, 0.29) is 24.2 Å². The van der Waals surface area contributed by atoms with Crippen LogP contribution in [0.4, 0.5) is 0 Å². The summed E-state index contributed by atoms with van der Waals surface area (Å²) in [5.74, 6) is 0.0599. The highest BCUT2D eigenvalue weighted by molar-refractivity contribution is 6.32. The molecule has 0 unspecified atom stereocenters. The predicted molar refractivity (Wildman–Crippen MR) is 56.3 cm³/mol. The van der Waals surface area contributed by atoms with Crippen LogP contribution in [0.5, 0.6) is 5.75 Å². The molecule has 1 rings (SSSR count). The van der Waals surface area contributed by atoms with Gasteiger partial charge in [-0.05, 0) is 17.7 Å². The molecule has 3 nitrogen and oxygen atoms in total. The smallest absolute Gasteiger partial charge is 0.134 e. The minimum atomic E-state index is -0.219. The normalized spacial score (nSPS) is 11.9. The molecule has 1 aromatic carbocycles. The highest BCUT2D eigenvalue weighted by Crippen LogP contribution is 2.25. The van der Waals surface area contributed by atoms with Crippen molar-refractivity contribution in [2.45, 2.75) is 6.04 Å². The Kier molecular flexibility index (Phi) is 5.10. The Bertz CT molecular complexity index is 281. The zero-order chi connectivity index (χ0) is 9.14. The van der Waals surface area contributed by atoms with Gasteiger partial charge in [0, 0.05) is 12.6 Å². The second-order valence-corrected chi connectivity index (χ2v) is 2.96. The van der Waals surface area contributed by atoms with Crippen LogP contribution in [-0.2, 0) is 0 Å². The van der Waals surface area contributed by atoms with Crippen LogP contribution < -0.4 is 11.5 Å². The standard InChI is InChI=1S/C8H11ClN2O.ClH/c9-6-3-5(7(11)4-10)1-2-8(6)12;/h1-3,7,12H,4,10-11H2;1H/t7-;/m0./s1. The lowest BCUT2D eigenvalue weighted by Gasteiger charge is -2.09. The molecule has 74 valence electrons. The van der Waals surface area contributed by atoms with Gasteiger partial charge >= 0.3 is 0 Å². The van der Waals surface area contributed by atoms with Crippen LogP contribution in [0, 0.1) is 0 Å². The summed E-state index contributed by atoms with van der Waals surface area (Å²) in [6, 6.07) is 4.61.